The van der Waals surface area contributed by atoms with Crippen LogP contribution in [0.3, 0.4) is 0 Å². The Morgan fingerprint density at radius 2 is 2.10 bits per heavy atom. The Bertz CT molecular complexity index is 1030. The van der Waals surface area contributed by atoms with Crippen LogP contribution in [0.4, 0.5) is 10.8 Å². The molecule has 30 heavy (non-hydrogen) atoms. The predicted octanol–water partition coefficient (Wildman–Crippen LogP) is 4.78. The van der Waals surface area contributed by atoms with Crippen molar-refractivity contribution in [3.8, 4) is 0 Å². The van der Waals surface area contributed by atoms with Crippen LogP contribution >= 0.6 is 22.9 Å². The molecule has 4 rings (SSSR count). The number of ether oxygens (including phenoxy) is 1. The van der Waals surface area contributed by atoms with Crippen molar-refractivity contribution >= 4 is 45.6 Å². The number of carbonyl (C=O) groups is 2. The molecule has 1 saturated heterocycles. The fraction of sp³-hybridized carbons (Fsp3) is 0.286. The number of hydrogen-bond acceptors (Lipinski definition) is 6. The summed E-state index contributed by atoms with van der Waals surface area (Å²) in [7, 11) is 0. The zero-order chi connectivity index (χ0) is 21.1. The highest BCUT2D eigenvalue weighted by atomic mass is 35.5. The van der Waals surface area contributed by atoms with Gasteiger partial charge in [0.05, 0.1) is 18.9 Å². The van der Waals surface area contributed by atoms with E-state index in [9.17, 15) is 9.59 Å². The van der Waals surface area contributed by atoms with Crippen LogP contribution in [0.2, 0.25) is 5.02 Å². The summed E-state index contributed by atoms with van der Waals surface area (Å²) in [5, 5.41) is 3.83. The molecule has 1 atom stereocenters. The maximum atomic E-state index is 13.0. The number of nitrogens with zero attached hydrogens (tertiary/aromatic N) is 2. The summed E-state index contributed by atoms with van der Waals surface area (Å²) in [6.45, 7) is 2.84. The third-order valence-electron chi connectivity index (χ3n) is 4.72. The minimum atomic E-state index is -0.347. The fourth-order valence-electron chi connectivity index (χ4n) is 3.21. The number of halogens is 1. The first-order valence-corrected chi connectivity index (χ1v) is 10.7. The maximum Gasteiger partial charge on any atom is 0.295 e. The molecule has 0 saturated carbocycles. The lowest BCUT2D eigenvalue weighted by molar-refractivity contribution is 0.0894. The van der Waals surface area contributed by atoms with Crippen molar-refractivity contribution in [2.75, 3.05) is 23.4 Å². The molecule has 3 heterocycles. The molecule has 156 valence electrons. The number of anilines is 2. The molecule has 0 spiro atoms. The number of carbonyl (C=O) groups excluding carboxylic acids is 2. The minimum Gasteiger partial charge on any atom is -0.459 e. The van der Waals surface area contributed by atoms with Crippen molar-refractivity contribution in [3.05, 3.63) is 64.0 Å². The number of hydrogen-bond donors (Lipinski definition) is 1. The van der Waals surface area contributed by atoms with Crippen LogP contribution in [-0.2, 0) is 4.74 Å². The summed E-state index contributed by atoms with van der Waals surface area (Å²) < 4.78 is 11.0. The normalized spacial score (nSPS) is 15.9. The molecule has 1 aliphatic rings. The van der Waals surface area contributed by atoms with Crippen molar-refractivity contribution in [1.29, 1.82) is 0 Å². The van der Waals surface area contributed by atoms with Gasteiger partial charge >= 0.3 is 0 Å². The van der Waals surface area contributed by atoms with Crippen LogP contribution in [0.5, 0.6) is 0 Å². The number of furan rings is 1. The molecular formula is C21H20ClN3O4S. The molecule has 0 bridgehead atoms. The van der Waals surface area contributed by atoms with Crippen molar-refractivity contribution in [2.24, 2.45) is 0 Å². The highest BCUT2D eigenvalue weighted by molar-refractivity contribution is 7.16. The highest BCUT2D eigenvalue weighted by Crippen LogP contribution is 2.29. The van der Waals surface area contributed by atoms with Gasteiger partial charge in [-0.3, -0.25) is 14.5 Å². The quantitative estimate of drug-likeness (QED) is 0.590. The van der Waals surface area contributed by atoms with Crippen LogP contribution in [0.15, 0.2) is 47.1 Å². The van der Waals surface area contributed by atoms with Crippen LogP contribution in [0.25, 0.3) is 0 Å². The fourth-order valence-corrected chi connectivity index (χ4v) is 4.24. The molecule has 0 radical (unpaired) electrons. The van der Waals surface area contributed by atoms with Crippen molar-refractivity contribution in [3.63, 3.8) is 0 Å². The molecule has 0 aliphatic carbocycles. The van der Waals surface area contributed by atoms with Gasteiger partial charge in [-0.15, -0.1) is 11.3 Å². The summed E-state index contributed by atoms with van der Waals surface area (Å²) in [6, 6.07) is 10.1. The Kier molecular flexibility index (Phi) is 6.17. The van der Waals surface area contributed by atoms with Crippen LogP contribution in [-0.4, -0.2) is 36.1 Å². The number of benzene rings is 1. The van der Waals surface area contributed by atoms with E-state index in [0.717, 1.165) is 12.8 Å². The van der Waals surface area contributed by atoms with E-state index >= 15 is 0 Å². The van der Waals surface area contributed by atoms with Gasteiger partial charge < -0.3 is 14.5 Å². The van der Waals surface area contributed by atoms with Gasteiger partial charge in [-0.05, 0) is 56.2 Å². The van der Waals surface area contributed by atoms with Gasteiger partial charge in [-0.2, -0.15) is 0 Å². The minimum absolute atomic E-state index is 0.0699. The summed E-state index contributed by atoms with van der Waals surface area (Å²) in [5.74, 6) is -0.443. The van der Waals surface area contributed by atoms with Crippen molar-refractivity contribution in [2.45, 2.75) is 25.9 Å². The number of amides is 2. The number of rotatable bonds is 6. The molecule has 1 unspecified atom stereocenters. The average molecular weight is 446 g/mol. The Balaban J connectivity index is 1.58. The zero-order valence-corrected chi connectivity index (χ0v) is 17.8. The lowest BCUT2D eigenvalue weighted by Crippen LogP contribution is -2.37. The lowest BCUT2D eigenvalue weighted by Gasteiger charge is -2.22. The van der Waals surface area contributed by atoms with Gasteiger partial charge in [-0.1, -0.05) is 11.6 Å². The second-order valence-corrected chi connectivity index (χ2v) is 8.51. The first kappa shape index (κ1) is 20.6. The summed E-state index contributed by atoms with van der Waals surface area (Å²) in [5.41, 5.74) is 0.885. The standard InChI is InChI=1S/C21H20ClN3O4S/c1-13-18(19(26)23-15-8-6-14(22)7-9-15)24-21(30-13)25(12-16-4-2-10-28-16)20(27)17-5-3-11-29-17/h3,5-9,11,16H,2,4,10,12H2,1H3,(H,23,26). The predicted molar refractivity (Wildman–Crippen MR) is 116 cm³/mol. The SMILES string of the molecule is Cc1sc(N(CC2CCCO2)C(=O)c2ccco2)nc1C(=O)Nc1ccc(Cl)cc1. The molecule has 1 fully saturated rings. The van der Waals surface area contributed by atoms with E-state index < -0.39 is 0 Å². The molecule has 9 heteroatoms. The average Bonchev–Trinajstić information content (AvgIpc) is 3.49. The number of aryl methyl sites for hydroxylation is 1. The number of aromatic nitrogens is 1. The largest absolute Gasteiger partial charge is 0.459 e. The smallest absolute Gasteiger partial charge is 0.295 e. The van der Waals surface area contributed by atoms with Crippen LogP contribution < -0.4 is 10.2 Å². The van der Waals surface area contributed by atoms with Crippen LogP contribution in [0, 0.1) is 6.92 Å². The maximum absolute atomic E-state index is 13.0. The molecule has 1 aliphatic heterocycles. The Hall–Kier alpha value is -2.68. The van der Waals surface area contributed by atoms with E-state index in [2.05, 4.69) is 10.3 Å². The van der Waals surface area contributed by atoms with E-state index in [-0.39, 0.29) is 29.4 Å². The third-order valence-corrected chi connectivity index (χ3v) is 5.97. The highest BCUT2D eigenvalue weighted by Gasteiger charge is 2.29. The van der Waals surface area contributed by atoms with Gasteiger partial charge in [0, 0.05) is 22.2 Å². The van der Waals surface area contributed by atoms with Gasteiger partial charge in [0.15, 0.2) is 10.9 Å². The first-order valence-electron chi connectivity index (χ1n) is 9.52. The summed E-state index contributed by atoms with van der Waals surface area (Å²) in [6.07, 6.45) is 3.21. The van der Waals surface area contributed by atoms with Gasteiger partial charge in [-0.25, -0.2) is 4.98 Å². The molecular weight excluding hydrogens is 426 g/mol. The monoisotopic (exact) mass is 445 g/mol. The molecule has 2 aromatic heterocycles. The second kappa shape index (κ2) is 8.99. The molecule has 1 aromatic carbocycles. The van der Waals surface area contributed by atoms with E-state index in [1.54, 1.807) is 43.3 Å². The van der Waals surface area contributed by atoms with Crippen LogP contribution in [0.1, 0.15) is 38.8 Å². The Morgan fingerprint density at radius 1 is 1.30 bits per heavy atom. The molecule has 7 nitrogen and oxygen atoms in total. The second-order valence-electron chi connectivity index (χ2n) is 6.89. The lowest BCUT2D eigenvalue weighted by atomic mass is 10.2. The number of nitrogens with one attached hydrogen (secondary N) is 1. The molecule has 2 amide bonds. The van der Waals surface area contributed by atoms with E-state index in [1.807, 2.05) is 0 Å². The van der Waals surface area contributed by atoms with Gasteiger partial charge in [0.25, 0.3) is 11.8 Å². The van der Waals surface area contributed by atoms with Gasteiger partial charge in [0.2, 0.25) is 0 Å². The molecule has 3 aromatic rings. The van der Waals surface area contributed by atoms with Gasteiger partial charge in [0.1, 0.15) is 5.69 Å². The van der Waals surface area contributed by atoms with E-state index in [4.69, 9.17) is 20.8 Å². The zero-order valence-electron chi connectivity index (χ0n) is 16.3. The molecule has 1 N–H and O–H groups in total. The topological polar surface area (TPSA) is 84.7 Å². The summed E-state index contributed by atoms with van der Waals surface area (Å²) >= 11 is 7.18. The third kappa shape index (κ3) is 4.56. The van der Waals surface area contributed by atoms with Crippen molar-refractivity contribution < 1.29 is 18.7 Å². The first-order chi connectivity index (χ1) is 14.5. The van der Waals surface area contributed by atoms with Crippen molar-refractivity contribution in [1.82, 2.24) is 4.98 Å². The number of thiazole rings is 1. The Labute approximate surface area is 182 Å². The van der Waals surface area contributed by atoms with E-state index in [1.165, 1.54) is 22.5 Å². The Morgan fingerprint density at radius 3 is 2.77 bits per heavy atom. The summed E-state index contributed by atoms with van der Waals surface area (Å²) in [4.78, 5) is 32.5. The van der Waals surface area contributed by atoms with E-state index in [0.29, 0.717) is 33.9 Å².